The van der Waals surface area contributed by atoms with Crippen molar-refractivity contribution in [1.82, 2.24) is 20.4 Å². The van der Waals surface area contributed by atoms with Gasteiger partial charge in [-0.3, -0.25) is 9.89 Å². The standard InChI is InChI=1S/C24H41N5/c1-20-16-21(2)18-22(17-20)8-11-26-23(25-3)27-19-24(9-14-28(4)15-10-24)29-12-6-5-7-13-29/h16-18H,5-15,19H2,1-4H3,(H2,25,26,27). The van der Waals surface area contributed by atoms with Gasteiger partial charge < -0.3 is 15.5 Å². The maximum absolute atomic E-state index is 4.50. The Morgan fingerprint density at radius 2 is 1.62 bits per heavy atom. The third kappa shape index (κ3) is 6.19. The molecular weight excluding hydrogens is 358 g/mol. The summed E-state index contributed by atoms with van der Waals surface area (Å²) in [6.45, 7) is 11.1. The van der Waals surface area contributed by atoms with Crippen molar-refractivity contribution in [3.05, 3.63) is 34.9 Å². The molecule has 29 heavy (non-hydrogen) atoms. The molecule has 2 N–H and O–H groups in total. The van der Waals surface area contributed by atoms with Crippen LogP contribution in [0.2, 0.25) is 0 Å². The quantitative estimate of drug-likeness (QED) is 0.570. The first-order valence-electron chi connectivity index (χ1n) is 11.5. The number of guanidine groups is 1. The van der Waals surface area contributed by atoms with Crippen LogP contribution in [0.1, 0.15) is 48.8 Å². The largest absolute Gasteiger partial charge is 0.356 e. The van der Waals surface area contributed by atoms with Gasteiger partial charge >= 0.3 is 0 Å². The summed E-state index contributed by atoms with van der Waals surface area (Å²) in [6.07, 6.45) is 7.60. The minimum Gasteiger partial charge on any atom is -0.356 e. The molecule has 1 aromatic rings. The van der Waals surface area contributed by atoms with Gasteiger partial charge in [-0.2, -0.15) is 0 Å². The second-order valence-corrected chi connectivity index (χ2v) is 9.17. The highest BCUT2D eigenvalue weighted by molar-refractivity contribution is 5.79. The van der Waals surface area contributed by atoms with Crippen molar-refractivity contribution in [3.8, 4) is 0 Å². The lowest BCUT2D eigenvalue weighted by atomic mass is 9.84. The van der Waals surface area contributed by atoms with Crippen molar-refractivity contribution in [1.29, 1.82) is 0 Å². The maximum Gasteiger partial charge on any atom is 0.191 e. The van der Waals surface area contributed by atoms with Gasteiger partial charge in [-0.25, -0.2) is 0 Å². The molecule has 2 aliphatic heterocycles. The number of hydrogen-bond donors (Lipinski definition) is 2. The zero-order valence-corrected chi connectivity index (χ0v) is 19.1. The van der Waals surface area contributed by atoms with Gasteiger partial charge in [-0.1, -0.05) is 35.7 Å². The predicted octanol–water partition coefficient (Wildman–Crippen LogP) is 2.96. The summed E-state index contributed by atoms with van der Waals surface area (Å²) in [7, 11) is 4.13. The number of aryl methyl sites for hydroxylation is 2. The van der Waals surface area contributed by atoms with Crippen molar-refractivity contribution in [2.24, 2.45) is 4.99 Å². The second-order valence-electron chi connectivity index (χ2n) is 9.17. The Kier molecular flexibility index (Phi) is 7.96. The van der Waals surface area contributed by atoms with Gasteiger partial charge in [0.05, 0.1) is 0 Å². The van der Waals surface area contributed by atoms with Gasteiger partial charge in [0.25, 0.3) is 0 Å². The Labute approximate surface area is 178 Å². The van der Waals surface area contributed by atoms with E-state index >= 15 is 0 Å². The lowest BCUT2D eigenvalue weighted by Crippen LogP contribution is -2.62. The van der Waals surface area contributed by atoms with E-state index in [2.05, 4.69) is 64.5 Å². The van der Waals surface area contributed by atoms with Gasteiger partial charge in [-0.05, 0) is 84.7 Å². The third-order valence-electron chi connectivity index (χ3n) is 6.74. The lowest BCUT2D eigenvalue weighted by molar-refractivity contribution is 0.0173. The van der Waals surface area contributed by atoms with E-state index in [-0.39, 0.29) is 5.54 Å². The maximum atomic E-state index is 4.50. The van der Waals surface area contributed by atoms with Crippen LogP contribution in [0.25, 0.3) is 0 Å². The molecule has 0 bridgehead atoms. The molecule has 0 unspecified atom stereocenters. The third-order valence-corrected chi connectivity index (χ3v) is 6.74. The molecule has 0 aliphatic carbocycles. The molecule has 0 aromatic heterocycles. The summed E-state index contributed by atoms with van der Waals surface area (Å²) in [5.41, 5.74) is 4.35. The summed E-state index contributed by atoms with van der Waals surface area (Å²) in [5, 5.41) is 7.22. The summed E-state index contributed by atoms with van der Waals surface area (Å²) in [6, 6.07) is 6.81. The highest BCUT2D eigenvalue weighted by Gasteiger charge is 2.39. The van der Waals surface area contributed by atoms with Gasteiger partial charge in [0, 0.05) is 25.7 Å². The molecule has 5 nitrogen and oxygen atoms in total. The smallest absolute Gasteiger partial charge is 0.191 e. The minimum atomic E-state index is 0.276. The van der Waals surface area contributed by atoms with Crippen molar-refractivity contribution in [3.63, 3.8) is 0 Å². The highest BCUT2D eigenvalue weighted by atomic mass is 15.3. The van der Waals surface area contributed by atoms with Crippen molar-refractivity contribution < 1.29 is 0 Å². The Hall–Kier alpha value is -1.59. The number of hydrogen-bond acceptors (Lipinski definition) is 3. The average Bonchev–Trinajstić information content (AvgIpc) is 2.72. The molecule has 2 fully saturated rings. The number of aliphatic imine (C=N–C) groups is 1. The number of piperidine rings is 2. The SMILES string of the molecule is CN=C(NCCc1cc(C)cc(C)c1)NCC1(N2CCCCC2)CCN(C)CC1. The highest BCUT2D eigenvalue weighted by Crippen LogP contribution is 2.30. The van der Waals surface area contributed by atoms with Crippen LogP contribution in [0.5, 0.6) is 0 Å². The monoisotopic (exact) mass is 399 g/mol. The normalized spacial score (nSPS) is 21.2. The van der Waals surface area contributed by atoms with Gasteiger partial charge in [-0.15, -0.1) is 0 Å². The molecule has 0 amide bonds. The topological polar surface area (TPSA) is 42.9 Å². The predicted molar refractivity (Wildman–Crippen MR) is 124 cm³/mol. The van der Waals surface area contributed by atoms with Crippen LogP contribution in [-0.2, 0) is 6.42 Å². The molecule has 1 aromatic carbocycles. The fraction of sp³-hybridized carbons (Fsp3) is 0.708. The minimum absolute atomic E-state index is 0.276. The Morgan fingerprint density at radius 3 is 2.24 bits per heavy atom. The Morgan fingerprint density at radius 1 is 0.966 bits per heavy atom. The molecule has 0 saturated carbocycles. The van der Waals surface area contributed by atoms with Crippen LogP contribution >= 0.6 is 0 Å². The summed E-state index contributed by atoms with van der Waals surface area (Å²) in [5.74, 6) is 0.935. The molecule has 5 heteroatoms. The van der Waals surface area contributed by atoms with Crippen LogP contribution in [0.3, 0.4) is 0 Å². The van der Waals surface area contributed by atoms with Crippen molar-refractivity contribution >= 4 is 5.96 Å². The molecular formula is C24H41N5. The van der Waals surface area contributed by atoms with E-state index in [0.29, 0.717) is 0 Å². The van der Waals surface area contributed by atoms with Crippen molar-refractivity contribution in [2.45, 2.75) is 57.9 Å². The second kappa shape index (κ2) is 10.4. The molecule has 162 valence electrons. The van der Waals surface area contributed by atoms with Crippen LogP contribution in [0, 0.1) is 13.8 Å². The van der Waals surface area contributed by atoms with E-state index in [0.717, 1.165) is 25.5 Å². The average molecular weight is 400 g/mol. The fourth-order valence-corrected chi connectivity index (χ4v) is 5.02. The number of likely N-dealkylation sites (tertiary alicyclic amines) is 2. The number of rotatable bonds is 6. The van der Waals surface area contributed by atoms with Crippen LogP contribution < -0.4 is 10.6 Å². The molecule has 2 saturated heterocycles. The van der Waals surface area contributed by atoms with Crippen LogP contribution in [0.4, 0.5) is 0 Å². The van der Waals surface area contributed by atoms with Crippen molar-refractivity contribution in [2.75, 3.05) is 53.4 Å². The summed E-state index contributed by atoms with van der Waals surface area (Å²) in [4.78, 5) is 9.74. The van der Waals surface area contributed by atoms with E-state index in [4.69, 9.17) is 0 Å². The van der Waals surface area contributed by atoms with E-state index in [9.17, 15) is 0 Å². The van der Waals surface area contributed by atoms with Crippen LogP contribution in [0.15, 0.2) is 23.2 Å². The fourth-order valence-electron chi connectivity index (χ4n) is 5.02. The Bertz CT molecular complexity index is 650. The van der Waals surface area contributed by atoms with E-state index in [1.807, 2.05) is 7.05 Å². The van der Waals surface area contributed by atoms with E-state index in [1.54, 1.807) is 0 Å². The van der Waals surface area contributed by atoms with E-state index < -0.39 is 0 Å². The first kappa shape index (κ1) is 22.1. The molecule has 0 atom stereocenters. The van der Waals surface area contributed by atoms with Gasteiger partial charge in [0.2, 0.25) is 0 Å². The molecule has 0 radical (unpaired) electrons. The molecule has 0 spiro atoms. The zero-order chi connectivity index (χ0) is 20.7. The lowest BCUT2D eigenvalue weighted by Gasteiger charge is -2.50. The first-order valence-corrected chi connectivity index (χ1v) is 11.5. The molecule has 2 aliphatic rings. The number of nitrogens with one attached hydrogen (secondary N) is 2. The zero-order valence-electron chi connectivity index (χ0n) is 19.1. The van der Waals surface area contributed by atoms with Gasteiger partial charge in [0.1, 0.15) is 0 Å². The summed E-state index contributed by atoms with van der Waals surface area (Å²) >= 11 is 0. The summed E-state index contributed by atoms with van der Waals surface area (Å²) < 4.78 is 0. The van der Waals surface area contributed by atoms with E-state index in [1.165, 1.54) is 75.0 Å². The first-order chi connectivity index (χ1) is 14.0. The van der Waals surface area contributed by atoms with Gasteiger partial charge in [0.15, 0.2) is 5.96 Å². The molecule has 3 rings (SSSR count). The Balaban J connectivity index is 1.54. The number of benzene rings is 1. The van der Waals surface area contributed by atoms with Crippen LogP contribution in [-0.4, -0.2) is 74.7 Å². The number of nitrogens with zero attached hydrogens (tertiary/aromatic N) is 3. The molecule has 2 heterocycles.